The lowest BCUT2D eigenvalue weighted by Gasteiger charge is -2.10. The number of carbonyl (C=O) groups excluding carboxylic acids is 1. The maximum absolute atomic E-state index is 12.7. The number of nitrogens with zero attached hydrogens (tertiary/aromatic N) is 1. The van der Waals surface area contributed by atoms with Crippen molar-refractivity contribution in [1.82, 2.24) is 4.98 Å². The van der Waals surface area contributed by atoms with Gasteiger partial charge in [-0.15, -0.1) is 0 Å². The van der Waals surface area contributed by atoms with Gasteiger partial charge in [0.25, 0.3) is 6.43 Å². The molecule has 17 heavy (non-hydrogen) atoms. The molecular weight excluding hydrogens is 345 g/mol. The quantitative estimate of drug-likeness (QED) is 0.660. The molecular formula is C10H11F2IN2O2. The minimum absolute atomic E-state index is 0.0127. The van der Waals surface area contributed by atoms with Crippen molar-refractivity contribution in [3.05, 3.63) is 26.6 Å². The fourth-order valence-corrected chi connectivity index (χ4v) is 1.95. The van der Waals surface area contributed by atoms with Gasteiger partial charge in [0.2, 0.25) is 0 Å². The van der Waals surface area contributed by atoms with Gasteiger partial charge in [0.1, 0.15) is 5.69 Å². The summed E-state index contributed by atoms with van der Waals surface area (Å²) in [5.41, 5.74) is 5.57. The van der Waals surface area contributed by atoms with Gasteiger partial charge >= 0.3 is 5.97 Å². The standard InChI is InChI=1S/C10H11F2IN2O2/c1-17-8(16)3-7-6(13)2-5(4-14)9(15-7)10(11)12/h2,10H,3-4,14H2,1H3. The van der Waals surface area contributed by atoms with Gasteiger partial charge in [-0.1, -0.05) is 0 Å². The second kappa shape index (κ2) is 6.20. The largest absolute Gasteiger partial charge is 0.469 e. The number of ether oxygens (including phenoxy) is 1. The molecule has 0 unspecified atom stereocenters. The van der Waals surface area contributed by atoms with Crippen LogP contribution in [0.4, 0.5) is 8.78 Å². The highest BCUT2D eigenvalue weighted by Crippen LogP contribution is 2.24. The van der Waals surface area contributed by atoms with Crippen molar-refractivity contribution in [2.45, 2.75) is 19.4 Å². The van der Waals surface area contributed by atoms with Crippen LogP contribution < -0.4 is 5.73 Å². The van der Waals surface area contributed by atoms with Crippen LogP contribution in [0.15, 0.2) is 6.07 Å². The topological polar surface area (TPSA) is 65.2 Å². The van der Waals surface area contributed by atoms with Crippen LogP contribution in [0.2, 0.25) is 0 Å². The molecule has 4 nitrogen and oxygen atoms in total. The molecule has 0 fully saturated rings. The van der Waals surface area contributed by atoms with Crippen molar-refractivity contribution < 1.29 is 18.3 Å². The summed E-state index contributed by atoms with van der Waals surface area (Å²) in [5.74, 6) is -0.517. The first-order valence-corrected chi connectivity index (χ1v) is 5.80. The molecule has 7 heteroatoms. The van der Waals surface area contributed by atoms with E-state index in [1.165, 1.54) is 13.2 Å². The summed E-state index contributed by atoms with van der Waals surface area (Å²) in [4.78, 5) is 14.9. The zero-order valence-electron chi connectivity index (χ0n) is 9.04. The predicted octanol–water partition coefficient (Wildman–Crippen LogP) is 1.80. The van der Waals surface area contributed by atoms with Crippen LogP contribution in [-0.4, -0.2) is 18.1 Å². The number of nitrogens with two attached hydrogens (primary N) is 1. The number of methoxy groups -OCH3 is 1. The van der Waals surface area contributed by atoms with Crippen LogP contribution in [0.5, 0.6) is 0 Å². The second-order valence-electron chi connectivity index (χ2n) is 3.22. The fraction of sp³-hybridized carbons (Fsp3) is 0.400. The normalized spacial score (nSPS) is 10.7. The Kier molecular flexibility index (Phi) is 5.19. The van der Waals surface area contributed by atoms with Crippen LogP contribution in [0.1, 0.15) is 23.4 Å². The highest BCUT2D eigenvalue weighted by molar-refractivity contribution is 14.1. The molecule has 0 aliphatic rings. The molecule has 0 aliphatic carbocycles. The zero-order chi connectivity index (χ0) is 13.0. The van der Waals surface area contributed by atoms with Gasteiger partial charge in [-0.2, -0.15) is 0 Å². The Morgan fingerprint density at radius 1 is 1.65 bits per heavy atom. The second-order valence-corrected chi connectivity index (χ2v) is 4.38. The Balaban J connectivity index is 3.15. The SMILES string of the molecule is COC(=O)Cc1nc(C(F)F)c(CN)cc1I. The van der Waals surface area contributed by atoms with E-state index in [1.54, 1.807) is 0 Å². The minimum atomic E-state index is -2.71. The molecule has 94 valence electrons. The van der Waals surface area contributed by atoms with E-state index in [0.29, 0.717) is 3.57 Å². The van der Waals surface area contributed by atoms with Crippen LogP contribution in [0, 0.1) is 3.57 Å². The van der Waals surface area contributed by atoms with E-state index in [2.05, 4.69) is 9.72 Å². The van der Waals surface area contributed by atoms with Gasteiger partial charge in [-0.05, 0) is 34.2 Å². The third-order valence-corrected chi connectivity index (χ3v) is 3.06. The summed E-state index contributed by atoms with van der Waals surface area (Å²) in [6, 6.07) is 1.52. The van der Waals surface area contributed by atoms with Crippen LogP contribution in [-0.2, 0) is 22.5 Å². The Bertz CT molecular complexity index is 427. The van der Waals surface area contributed by atoms with E-state index in [-0.39, 0.29) is 29.9 Å². The van der Waals surface area contributed by atoms with Crippen molar-refractivity contribution in [2.75, 3.05) is 7.11 Å². The molecule has 0 saturated heterocycles. The molecule has 1 aromatic heterocycles. The van der Waals surface area contributed by atoms with Gasteiger partial charge in [-0.25, -0.2) is 13.8 Å². The Morgan fingerprint density at radius 3 is 2.76 bits per heavy atom. The smallest absolute Gasteiger partial charge is 0.311 e. The number of rotatable bonds is 4. The number of aromatic nitrogens is 1. The van der Waals surface area contributed by atoms with Crippen molar-refractivity contribution >= 4 is 28.6 Å². The summed E-state index contributed by atoms with van der Waals surface area (Å²) < 4.78 is 30.5. The molecule has 0 aliphatic heterocycles. The van der Waals surface area contributed by atoms with Crippen molar-refractivity contribution in [1.29, 1.82) is 0 Å². The van der Waals surface area contributed by atoms with E-state index in [1.807, 2.05) is 22.6 Å². The lowest BCUT2D eigenvalue weighted by Crippen LogP contribution is -2.12. The third kappa shape index (κ3) is 3.56. The zero-order valence-corrected chi connectivity index (χ0v) is 11.2. The number of alkyl halides is 2. The van der Waals surface area contributed by atoms with Crippen molar-refractivity contribution in [2.24, 2.45) is 5.73 Å². The molecule has 1 rings (SSSR count). The van der Waals surface area contributed by atoms with Crippen molar-refractivity contribution in [3.8, 4) is 0 Å². The molecule has 1 heterocycles. The Labute approximate surface area is 111 Å². The first-order valence-electron chi connectivity index (χ1n) is 4.72. The van der Waals surface area contributed by atoms with Gasteiger partial charge in [0, 0.05) is 10.1 Å². The van der Waals surface area contributed by atoms with Gasteiger partial charge < -0.3 is 10.5 Å². The molecule has 0 amide bonds. The predicted molar refractivity (Wildman–Crippen MR) is 65.5 cm³/mol. The van der Waals surface area contributed by atoms with E-state index >= 15 is 0 Å². The highest BCUT2D eigenvalue weighted by Gasteiger charge is 2.18. The maximum Gasteiger partial charge on any atom is 0.311 e. The number of carbonyl (C=O) groups is 1. The van der Waals surface area contributed by atoms with Crippen LogP contribution in [0.25, 0.3) is 0 Å². The minimum Gasteiger partial charge on any atom is -0.469 e. The monoisotopic (exact) mass is 356 g/mol. The molecule has 1 aromatic rings. The summed E-state index contributed by atoms with van der Waals surface area (Å²) in [6.45, 7) is -0.0127. The van der Waals surface area contributed by atoms with E-state index in [4.69, 9.17) is 5.73 Å². The molecule has 2 N–H and O–H groups in total. The first-order chi connectivity index (χ1) is 7.99. The maximum atomic E-state index is 12.7. The van der Waals surface area contributed by atoms with E-state index in [9.17, 15) is 13.6 Å². The molecule has 0 bridgehead atoms. The summed E-state index contributed by atoms with van der Waals surface area (Å²) in [7, 11) is 1.23. The Morgan fingerprint density at radius 2 is 2.29 bits per heavy atom. The molecule has 0 atom stereocenters. The van der Waals surface area contributed by atoms with E-state index < -0.39 is 12.4 Å². The van der Waals surface area contributed by atoms with Crippen LogP contribution >= 0.6 is 22.6 Å². The number of hydrogen-bond donors (Lipinski definition) is 1. The lowest BCUT2D eigenvalue weighted by atomic mass is 10.1. The number of esters is 1. The first kappa shape index (κ1) is 14.2. The molecule has 0 spiro atoms. The molecule has 0 saturated carbocycles. The van der Waals surface area contributed by atoms with E-state index in [0.717, 1.165) is 0 Å². The average molecular weight is 356 g/mol. The number of halogens is 3. The van der Waals surface area contributed by atoms with Gasteiger partial charge in [0.15, 0.2) is 0 Å². The van der Waals surface area contributed by atoms with Crippen molar-refractivity contribution in [3.63, 3.8) is 0 Å². The average Bonchev–Trinajstić information content (AvgIpc) is 2.30. The molecule has 0 radical (unpaired) electrons. The Hall–Kier alpha value is -0.830. The van der Waals surface area contributed by atoms with Gasteiger partial charge in [-0.3, -0.25) is 4.79 Å². The summed E-state index contributed by atoms with van der Waals surface area (Å²) >= 11 is 1.93. The van der Waals surface area contributed by atoms with Gasteiger partial charge in [0.05, 0.1) is 19.2 Å². The number of hydrogen-bond acceptors (Lipinski definition) is 4. The number of pyridine rings is 1. The van der Waals surface area contributed by atoms with Crippen LogP contribution in [0.3, 0.4) is 0 Å². The third-order valence-electron chi connectivity index (χ3n) is 2.13. The highest BCUT2D eigenvalue weighted by atomic mass is 127. The molecule has 0 aromatic carbocycles. The summed E-state index contributed by atoms with van der Waals surface area (Å²) in [6.07, 6.45) is -2.83. The lowest BCUT2D eigenvalue weighted by molar-refractivity contribution is -0.139. The fourth-order valence-electron chi connectivity index (χ4n) is 1.27. The summed E-state index contributed by atoms with van der Waals surface area (Å²) in [5, 5.41) is 0.